The fourth-order valence-corrected chi connectivity index (χ4v) is 5.11. The average Bonchev–Trinajstić information content (AvgIpc) is 3.22. The zero-order valence-corrected chi connectivity index (χ0v) is 16.5. The standard InChI is InChI=1S/C22H28N2O4/c1-21(13-16-5-4-12-26-14-16)19(25)23-20(28-21)24-10-8-22(9-11-24)18-7-3-2-6-17(18)15-27-22/h2-3,6-7,16H,4-5,8-15H2,1H3. The highest BCUT2D eigenvalue weighted by Gasteiger charge is 2.48. The summed E-state index contributed by atoms with van der Waals surface area (Å²) in [5.74, 6) is 0.209. The number of hydrogen-bond acceptors (Lipinski definition) is 5. The topological polar surface area (TPSA) is 60.4 Å². The number of ether oxygens (including phenoxy) is 3. The lowest BCUT2D eigenvalue weighted by Gasteiger charge is -2.40. The molecule has 28 heavy (non-hydrogen) atoms. The number of carbonyl (C=O) groups is 1. The molecule has 1 aromatic rings. The number of carbonyl (C=O) groups excluding carboxylic acids is 1. The second-order valence-electron chi connectivity index (χ2n) is 8.75. The van der Waals surface area contributed by atoms with Crippen LogP contribution in [0.2, 0.25) is 0 Å². The van der Waals surface area contributed by atoms with Gasteiger partial charge in [-0.2, -0.15) is 4.99 Å². The summed E-state index contributed by atoms with van der Waals surface area (Å²) in [6.45, 7) is 5.66. The molecule has 0 aliphatic carbocycles. The predicted molar refractivity (Wildman–Crippen MR) is 104 cm³/mol. The molecular formula is C22H28N2O4. The van der Waals surface area contributed by atoms with Crippen LogP contribution in [-0.4, -0.2) is 48.7 Å². The molecule has 0 N–H and O–H groups in total. The third kappa shape index (κ3) is 3.03. The Morgan fingerprint density at radius 3 is 2.86 bits per heavy atom. The number of rotatable bonds is 2. The zero-order valence-electron chi connectivity index (χ0n) is 16.5. The van der Waals surface area contributed by atoms with Crippen molar-refractivity contribution in [2.45, 2.75) is 56.8 Å². The van der Waals surface area contributed by atoms with Crippen LogP contribution in [0.15, 0.2) is 29.3 Å². The fraction of sp³-hybridized carbons (Fsp3) is 0.636. The van der Waals surface area contributed by atoms with Crippen molar-refractivity contribution < 1.29 is 19.0 Å². The minimum atomic E-state index is -0.855. The monoisotopic (exact) mass is 384 g/mol. The number of aliphatic imine (C=N–C) groups is 1. The van der Waals surface area contributed by atoms with Crippen LogP contribution in [0.25, 0.3) is 0 Å². The predicted octanol–water partition coefficient (Wildman–Crippen LogP) is 3.00. The Morgan fingerprint density at radius 1 is 1.25 bits per heavy atom. The van der Waals surface area contributed by atoms with Gasteiger partial charge in [-0.25, -0.2) is 0 Å². The van der Waals surface area contributed by atoms with E-state index in [2.05, 4.69) is 34.2 Å². The van der Waals surface area contributed by atoms with Gasteiger partial charge in [0.05, 0.1) is 12.2 Å². The summed E-state index contributed by atoms with van der Waals surface area (Å²) in [5, 5.41) is 0. The summed E-state index contributed by atoms with van der Waals surface area (Å²) in [5.41, 5.74) is 1.57. The molecule has 4 heterocycles. The van der Waals surface area contributed by atoms with Gasteiger partial charge in [-0.15, -0.1) is 0 Å². The molecule has 150 valence electrons. The molecule has 0 saturated carbocycles. The summed E-state index contributed by atoms with van der Waals surface area (Å²) in [4.78, 5) is 19.0. The van der Waals surface area contributed by atoms with Crippen molar-refractivity contribution in [2.24, 2.45) is 10.9 Å². The van der Waals surface area contributed by atoms with Crippen molar-refractivity contribution in [3.63, 3.8) is 0 Å². The largest absolute Gasteiger partial charge is 0.448 e. The van der Waals surface area contributed by atoms with Crippen LogP contribution in [-0.2, 0) is 31.2 Å². The molecule has 4 aliphatic heterocycles. The normalized spacial score (nSPS) is 31.6. The lowest BCUT2D eigenvalue weighted by atomic mass is 9.84. The van der Waals surface area contributed by atoms with Gasteiger partial charge >= 0.3 is 0 Å². The third-order valence-electron chi connectivity index (χ3n) is 6.75. The number of fused-ring (bicyclic) bond motifs is 2. The van der Waals surface area contributed by atoms with Crippen LogP contribution >= 0.6 is 0 Å². The first-order valence-electron chi connectivity index (χ1n) is 10.5. The van der Waals surface area contributed by atoms with Crippen molar-refractivity contribution in [3.8, 4) is 0 Å². The van der Waals surface area contributed by atoms with E-state index < -0.39 is 5.60 Å². The SMILES string of the molecule is CC1(CC2CCCOC2)OC(N2CCC3(CC2)OCc2ccccc23)=NC1=O. The van der Waals surface area contributed by atoms with Gasteiger partial charge in [0.15, 0.2) is 5.60 Å². The van der Waals surface area contributed by atoms with Crippen molar-refractivity contribution in [3.05, 3.63) is 35.4 Å². The quantitative estimate of drug-likeness (QED) is 0.785. The molecule has 2 atom stereocenters. The molecule has 0 aromatic heterocycles. The molecule has 6 nitrogen and oxygen atoms in total. The second kappa shape index (κ2) is 6.85. The fourth-order valence-electron chi connectivity index (χ4n) is 5.11. The molecule has 2 fully saturated rings. The Balaban J connectivity index is 1.24. The van der Waals surface area contributed by atoms with E-state index in [1.165, 1.54) is 11.1 Å². The summed E-state index contributed by atoms with van der Waals surface area (Å²) >= 11 is 0. The van der Waals surface area contributed by atoms with Crippen LogP contribution < -0.4 is 0 Å². The molecule has 1 amide bonds. The zero-order chi connectivity index (χ0) is 19.2. The van der Waals surface area contributed by atoms with Gasteiger partial charge in [0.1, 0.15) is 0 Å². The third-order valence-corrected chi connectivity index (χ3v) is 6.75. The maximum atomic E-state index is 12.6. The summed E-state index contributed by atoms with van der Waals surface area (Å²) in [7, 11) is 0. The van der Waals surface area contributed by atoms with E-state index >= 15 is 0 Å². The molecule has 2 unspecified atom stereocenters. The van der Waals surface area contributed by atoms with Gasteiger partial charge in [-0.05, 0) is 49.7 Å². The van der Waals surface area contributed by atoms with E-state index in [-0.39, 0.29) is 11.5 Å². The lowest BCUT2D eigenvalue weighted by molar-refractivity contribution is -0.132. The highest BCUT2D eigenvalue weighted by molar-refractivity contribution is 6.01. The van der Waals surface area contributed by atoms with E-state index in [9.17, 15) is 4.79 Å². The molecule has 1 aromatic carbocycles. The number of amides is 1. The number of benzene rings is 1. The Bertz CT molecular complexity index is 793. The molecule has 2 saturated heterocycles. The highest BCUT2D eigenvalue weighted by atomic mass is 16.5. The lowest BCUT2D eigenvalue weighted by Crippen LogP contribution is -2.47. The number of hydrogen-bond donors (Lipinski definition) is 0. The Labute approximate surface area is 165 Å². The number of piperidine rings is 1. The second-order valence-corrected chi connectivity index (χ2v) is 8.75. The van der Waals surface area contributed by atoms with Gasteiger partial charge < -0.3 is 19.1 Å². The maximum Gasteiger partial charge on any atom is 0.296 e. The van der Waals surface area contributed by atoms with Crippen molar-refractivity contribution in [2.75, 3.05) is 26.3 Å². The minimum Gasteiger partial charge on any atom is -0.448 e. The summed E-state index contributed by atoms with van der Waals surface area (Å²) < 4.78 is 18.0. The first-order valence-corrected chi connectivity index (χ1v) is 10.5. The van der Waals surface area contributed by atoms with Gasteiger partial charge in [0.2, 0.25) is 0 Å². The highest BCUT2D eigenvalue weighted by Crippen LogP contribution is 2.44. The van der Waals surface area contributed by atoms with Crippen LogP contribution in [0.4, 0.5) is 0 Å². The van der Waals surface area contributed by atoms with Gasteiger partial charge in [-0.3, -0.25) is 4.79 Å². The smallest absolute Gasteiger partial charge is 0.296 e. The molecular weight excluding hydrogens is 356 g/mol. The summed E-state index contributed by atoms with van der Waals surface area (Å²) in [6.07, 6.45) is 4.58. The molecule has 5 rings (SSSR count). The van der Waals surface area contributed by atoms with Crippen LogP contribution in [0.3, 0.4) is 0 Å². The molecule has 1 spiro atoms. The first kappa shape index (κ1) is 18.1. The first-order chi connectivity index (χ1) is 13.6. The number of amidine groups is 1. The minimum absolute atomic E-state index is 0.157. The summed E-state index contributed by atoms with van der Waals surface area (Å²) in [6, 6.07) is 8.99. The molecule has 6 heteroatoms. The van der Waals surface area contributed by atoms with E-state index in [0.29, 0.717) is 31.6 Å². The molecule has 4 aliphatic rings. The van der Waals surface area contributed by atoms with E-state index in [0.717, 1.165) is 45.4 Å². The van der Waals surface area contributed by atoms with Gasteiger partial charge in [-0.1, -0.05) is 24.3 Å². The van der Waals surface area contributed by atoms with Gasteiger partial charge in [0, 0.05) is 32.7 Å². The molecule has 0 radical (unpaired) electrons. The van der Waals surface area contributed by atoms with Gasteiger partial charge in [0.25, 0.3) is 11.9 Å². The van der Waals surface area contributed by atoms with Crippen molar-refractivity contribution in [1.82, 2.24) is 4.90 Å². The van der Waals surface area contributed by atoms with E-state index in [1.54, 1.807) is 0 Å². The van der Waals surface area contributed by atoms with Crippen LogP contribution in [0, 0.1) is 5.92 Å². The van der Waals surface area contributed by atoms with E-state index in [4.69, 9.17) is 14.2 Å². The Morgan fingerprint density at radius 2 is 2.07 bits per heavy atom. The molecule has 0 bridgehead atoms. The average molecular weight is 384 g/mol. The maximum absolute atomic E-state index is 12.6. The number of likely N-dealkylation sites (tertiary alicyclic amines) is 1. The van der Waals surface area contributed by atoms with Crippen molar-refractivity contribution >= 4 is 11.9 Å². The number of nitrogens with zero attached hydrogens (tertiary/aromatic N) is 2. The Hall–Kier alpha value is -1.92. The van der Waals surface area contributed by atoms with Crippen molar-refractivity contribution in [1.29, 1.82) is 0 Å². The van der Waals surface area contributed by atoms with E-state index in [1.807, 2.05) is 6.92 Å². The van der Waals surface area contributed by atoms with Crippen LogP contribution in [0.1, 0.15) is 50.2 Å². The van der Waals surface area contributed by atoms with Crippen LogP contribution in [0.5, 0.6) is 0 Å². The Kier molecular flexibility index (Phi) is 4.43.